The predicted molar refractivity (Wildman–Crippen MR) is 88.5 cm³/mol. The SMILES string of the molecule is CCN(Cc1ccccc1C)c1cc(Cl)c(N)cc1C. The summed E-state index contributed by atoms with van der Waals surface area (Å²) in [4.78, 5) is 2.32. The van der Waals surface area contributed by atoms with Crippen LogP contribution in [0.5, 0.6) is 0 Å². The van der Waals surface area contributed by atoms with Crippen LogP contribution in [0.1, 0.15) is 23.6 Å². The number of hydrogen-bond donors (Lipinski definition) is 1. The van der Waals surface area contributed by atoms with Crippen LogP contribution < -0.4 is 10.6 Å². The normalized spacial score (nSPS) is 10.6. The van der Waals surface area contributed by atoms with Crippen LogP contribution in [0, 0.1) is 13.8 Å². The first kappa shape index (κ1) is 14.7. The van der Waals surface area contributed by atoms with Gasteiger partial charge in [-0.05, 0) is 49.6 Å². The highest BCUT2D eigenvalue weighted by Crippen LogP contribution is 2.30. The topological polar surface area (TPSA) is 29.3 Å². The lowest BCUT2D eigenvalue weighted by Gasteiger charge is -2.26. The molecule has 0 aliphatic rings. The smallest absolute Gasteiger partial charge is 0.0656 e. The molecule has 0 fully saturated rings. The molecule has 0 aromatic heterocycles. The minimum Gasteiger partial charge on any atom is -0.398 e. The first-order chi connectivity index (χ1) is 9.52. The fourth-order valence-electron chi connectivity index (χ4n) is 2.39. The molecule has 3 heteroatoms. The average Bonchev–Trinajstić information content (AvgIpc) is 2.42. The standard InChI is InChI=1S/C17H21ClN2/c1-4-20(11-14-8-6-5-7-12(14)2)17-10-15(18)16(19)9-13(17)3/h5-10H,4,11,19H2,1-3H3. The molecule has 0 saturated carbocycles. The Morgan fingerprint density at radius 3 is 2.45 bits per heavy atom. The number of hydrogen-bond acceptors (Lipinski definition) is 2. The molecule has 0 radical (unpaired) electrons. The highest BCUT2D eigenvalue weighted by molar-refractivity contribution is 6.33. The number of aryl methyl sites for hydroxylation is 2. The monoisotopic (exact) mass is 288 g/mol. The molecular weight excluding hydrogens is 268 g/mol. The second kappa shape index (κ2) is 6.19. The second-order valence-corrected chi connectivity index (χ2v) is 5.51. The molecule has 0 heterocycles. The lowest BCUT2D eigenvalue weighted by atomic mass is 10.1. The van der Waals surface area contributed by atoms with E-state index in [1.807, 2.05) is 12.1 Å². The van der Waals surface area contributed by atoms with Gasteiger partial charge < -0.3 is 10.6 Å². The molecule has 0 amide bonds. The maximum Gasteiger partial charge on any atom is 0.0656 e. The summed E-state index contributed by atoms with van der Waals surface area (Å²) < 4.78 is 0. The summed E-state index contributed by atoms with van der Waals surface area (Å²) in [6.45, 7) is 8.18. The molecule has 20 heavy (non-hydrogen) atoms. The van der Waals surface area contributed by atoms with Crippen LogP contribution in [-0.4, -0.2) is 6.54 Å². The zero-order chi connectivity index (χ0) is 14.7. The molecule has 0 aliphatic heterocycles. The highest BCUT2D eigenvalue weighted by Gasteiger charge is 2.11. The zero-order valence-corrected chi connectivity index (χ0v) is 13.0. The van der Waals surface area contributed by atoms with Gasteiger partial charge in [0.1, 0.15) is 0 Å². The van der Waals surface area contributed by atoms with Crippen molar-refractivity contribution in [3.05, 3.63) is 58.1 Å². The number of nitrogen functional groups attached to an aromatic ring is 1. The minimum atomic E-state index is 0.619. The summed E-state index contributed by atoms with van der Waals surface area (Å²) in [7, 11) is 0. The van der Waals surface area contributed by atoms with Crippen LogP contribution in [0.3, 0.4) is 0 Å². The molecule has 2 aromatic rings. The van der Waals surface area contributed by atoms with Gasteiger partial charge in [0.15, 0.2) is 0 Å². The Balaban J connectivity index is 2.34. The van der Waals surface area contributed by atoms with Crippen molar-refractivity contribution < 1.29 is 0 Å². The van der Waals surface area contributed by atoms with Gasteiger partial charge in [0.05, 0.1) is 10.7 Å². The molecule has 0 spiro atoms. The van der Waals surface area contributed by atoms with Crippen LogP contribution in [0.4, 0.5) is 11.4 Å². The van der Waals surface area contributed by atoms with Gasteiger partial charge in [-0.3, -0.25) is 0 Å². The Morgan fingerprint density at radius 1 is 1.10 bits per heavy atom. The maximum atomic E-state index is 6.17. The summed E-state index contributed by atoms with van der Waals surface area (Å²) in [5, 5.41) is 0.619. The van der Waals surface area contributed by atoms with E-state index in [4.69, 9.17) is 17.3 Å². The molecule has 0 saturated heterocycles. The number of halogens is 1. The van der Waals surface area contributed by atoms with Crippen molar-refractivity contribution in [2.45, 2.75) is 27.3 Å². The Bertz CT molecular complexity index is 608. The quantitative estimate of drug-likeness (QED) is 0.835. The summed E-state index contributed by atoms with van der Waals surface area (Å²) in [5.74, 6) is 0. The fraction of sp³-hybridized carbons (Fsp3) is 0.294. The molecule has 0 aliphatic carbocycles. The van der Waals surface area contributed by atoms with Gasteiger partial charge in [-0.2, -0.15) is 0 Å². The molecule has 2 N–H and O–H groups in total. The van der Waals surface area contributed by atoms with E-state index < -0.39 is 0 Å². The van der Waals surface area contributed by atoms with E-state index in [1.54, 1.807) is 0 Å². The van der Waals surface area contributed by atoms with E-state index in [0.717, 1.165) is 24.3 Å². The molecule has 2 aromatic carbocycles. The molecule has 0 atom stereocenters. The van der Waals surface area contributed by atoms with Crippen molar-refractivity contribution in [1.82, 2.24) is 0 Å². The van der Waals surface area contributed by atoms with E-state index in [2.05, 4.69) is 49.9 Å². The number of nitrogens with zero attached hydrogens (tertiary/aromatic N) is 1. The first-order valence-electron chi connectivity index (χ1n) is 6.88. The van der Waals surface area contributed by atoms with Gasteiger partial charge in [0.2, 0.25) is 0 Å². The van der Waals surface area contributed by atoms with E-state index in [-0.39, 0.29) is 0 Å². The van der Waals surface area contributed by atoms with Gasteiger partial charge in [0.25, 0.3) is 0 Å². The molecule has 0 bridgehead atoms. The highest BCUT2D eigenvalue weighted by atomic mass is 35.5. The average molecular weight is 289 g/mol. The van der Waals surface area contributed by atoms with E-state index in [9.17, 15) is 0 Å². The van der Waals surface area contributed by atoms with Gasteiger partial charge in [-0.1, -0.05) is 35.9 Å². The number of anilines is 2. The maximum absolute atomic E-state index is 6.17. The summed E-state index contributed by atoms with van der Waals surface area (Å²) in [5.41, 5.74) is 11.4. The Labute approximate surface area is 126 Å². The van der Waals surface area contributed by atoms with Gasteiger partial charge in [-0.15, -0.1) is 0 Å². The van der Waals surface area contributed by atoms with Crippen LogP contribution in [0.25, 0.3) is 0 Å². The van der Waals surface area contributed by atoms with E-state index in [1.165, 1.54) is 11.1 Å². The summed E-state index contributed by atoms with van der Waals surface area (Å²) >= 11 is 6.17. The van der Waals surface area contributed by atoms with Crippen molar-refractivity contribution in [1.29, 1.82) is 0 Å². The van der Waals surface area contributed by atoms with Crippen LogP contribution >= 0.6 is 11.6 Å². The zero-order valence-electron chi connectivity index (χ0n) is 12.3. The van der Waals surface area contributed by atoms with E-state index in [0.29, 0.717) is 10.7 Å². The molecule has 2 rings (SSSR count). The summed E-state index contributed by atoms with van der Waals surface area (Å²) in [6.07, 6.45) is 0. The lowest BCUT2D eigenvalue weighted by Crippen LogP contribution is -2.23. The van der Waals surface area contributed by atoms with Crippen LogP contribution in [0.2, 0.25) is 5.02 Å². The minimum absolute atomic E-state index is 0.619. The fourth-order valence-corrected chi connectivity index (χ4v) is 2.55. The van der Waals surface area contributed by atoms with Crippen molar-refractivity contribution in [2.75, 3.05) is 17.2 Å². The second-order valence-electron chi connectivity index (χ2n) is 5.10. The van der Waals surface area contributed by atoms with Gasteiger partial charge in [-0.25, -0.2) is 0 Å². The lowest BCUT2D eigenvalue weighted by molar-refractivity contribution is 0.823. The van der Waals surface area contributed by atoms with Crippen LogP contribution in [0.15, 0.2) is 36.4 Å². The van der Waals surface area contributed by atoms with Gasteiger partial charge in [0, 0.05) is 18.8 Å². The Kier molecular flexibility index (Phi) is 4.56. The number of benzene rings is 2. The van der Waals surface area contributed by atoms with E-state index >= 15 is 0 Å². The molecule has 2 nitrogen and oxygen atoms in total. The number of rotatable bonds is 4. The van der Waals surface area contributed by atoms with Crippen molar-refractivity contribution >= 4 is 23.0 Å². The van der Waals surface area contributed by atoms with Crippen molar-refractivity contribution in [3.63, 3.8) is 0 Å². The van der Waals surface area contributed by atoms with Gasteiger partial charge >= 0.3 is 0 Å². The Hall–Kier alpha value is -1.67. The Morgan fingerprint density at radius 2 is 1.80 bits per heavy atom. The van der Waals surface area contributed by atoms with Crippen molar-refractivity contribution in [2.24, 2.45) is 0 Å². The third kappa shape index (κ3) is 3.07. The molecular formula is C17H21ClN2. The molecule has 106 valence electrons. The predicted octanol–water partition coefficient (Wildman–Crippen LogP) is 4.57. The summed E-state index contributed by atoms with van der Waals surface area (Å²) in [6, 6.07) is 12.4. The van der Waals surface area contributed by atoms with Crippen LogP contribution in [-0.2, 0) is 6.54 Å². The number of nitrogens with two attached hydrogens (primary N) is 1. The largest absolute Gasteiger partial charge is 0.398 e. The third-order valence-corrected chi connectivity index (χ3v) is 3.99. The third-order valence-electron chi connectivity index (χ3n) is 3.66. The molecule has 0 unspecified atom stereocenters. The van der Waals surface area contributed by atoms with Crippen molar-refractivity contribution in [3.8, 4) is 0 Å². The first-order valence-corrected chi connectivity index (χ1v) is 7.25.